The largest absolute Gasteiger partial charge is 0.373 e. The third-order valence-electron chi connectivity index (χ3n) is 3.60. The van der Waals surface area contributed by atoms with Gasteiger partial charge in [-0.15, -0.1) is 0 Å². The highest BCUT2D eigenvalue weighted by atomic mass is 16.2. The summed E-state index contributed by atoms with van der Waals surface area (Å²) in [6.45, 7) is 1.31. The Morgan fingerprint density at radius 3 is 2.90 bits per heavy atom. The Balaban J connectivity index is 1.81. The first-order valence-electron chi connectivity index (χ1n) is 6.79. The molecule has 1 aliphatic heterocycles. The molecule has 0 unspecified atom stereocenters. The van der Waals surface area contributed by atoms with Gasteiger partial charge in [-0.2, -0.15) is 0 Å². The van der Waals surface area contributed by atoms with Gasteiger partial charge in [-0.05, 0) is 30.2 Å². The summed E-state index contributed by atoms with van der Waals surface area (Å²) in [4.78, 5) is 18.8. The van der Waals surface area contributed by atoms with E-state index in [0.717, 1.165) is 35.6 Å². The van der Waals surface area contributed by atoms with Crippen molar-refractivity contribution in [1.82, 2.24) is 9.88 Å². The Kier molecular flexibility index (Phi) is 3.37. The summed E-state index contributed by atoms with van der Waals surface area (Å²) in [7, 11) is 1.84. The molecule has 0 aliphatic carbocycles. The third kappa shape index (κ3) is 2.37. The van der Waals surface area contributed by atoms with Gasteiger partial charge in [0.1, 0.15) is 5.82 Å². The second-order valence-electron chi connectivity index (χ2n) is 4.90. The molecule has 20 heavy (non-hydrogen) atoms. The lowest BCUT2D eigenvalue weighted by molar-refractivity contribution is 0.0725. The van der Waals surface area contributed by atoms with Crippen LogP contribution in [-0.2, 0) is 13.0 Å². The van der Waals surface area contributed by atoms with Gasteiger partial charge in [-0.25, -0.2) is 4.98 Å². The van der Waals surface area contributed by atoms with Crippen LogP contribution >= 0.6 is 0 Å². The Bertz CT molecular complexity index is 639. The highest BCUT2D eigenvalue weighted by Crippen LogP contribution is 2.20. The topological polar surface area (TPSA) is 45.2 Å². The second kappa shape index (κ2) is 5.33. The van der Waals surface area contributed by atoms with Crippen molar-refractivity contribution in [3.63, 3.8) is 0 Å². The van der Waals surface area contributed by atoms with Crippen LogP contribution in [0.2, 0.25) is 0 Å². The molecule has 4 nitrogen and oxygen atoms in total. The van der Waals surface area contributed by atoms with Crippen LogP contribution in [0.15, 0.2) is 42.5 Å². The lowest BCUT2D eigenvalue weighted by Gasteiger charge is -2.28. The van der Waals surface area contributed by atoms with Crippen molar-refractivity contribution in [3.05, 3.63) is 59.3 Å². The van der Waals surface area contributed by atoms with E-state index >= 15 is 0 Å². The predicted octanol–water partition coefficient (Wildman–Crippen LogP) is 2.32. The number of aromatic nitrogens is 1. The van der Waals surface area contributed by atoms with Crippen molar-refractivity contribution < 1.29 is 4.79 Å². The molecule has 0 radical (unpaired) electrons. The van der Waals surface area contributed by atoms with E-state index in [9.17, 15) is 4.79 Å². The van der Waals surface area contributed by atoms with Crippen LogP contribution in [0.3, 0.4) is 0 Å². The van der Waals surface area contributed by atoms with Gasteiger partial charge in [0.05, 0.1) is 12.2 Å². The quantitative estimate of drug-likeness (QED) is 0.928. The Morgan fingerprint density at radius 2 is 2.05 bits per heavy atom. The predicted molar refractivity (Wildman–Crippen MR) is 78.7 cm³/mol. The maximum Gasteiger partial charge on any atom is 0.254 e. The molecule has 1 aliphatic rings. The minimum Gasteiger partial charge on any atom is -0.373 e. The van der Waals surface area contributed by atoms with E-state index in [0.29, 0.717) is 6.54 Å². The van der Waals surface area contributed by atoms with Crippen LogP contribution in [0.25, 0.3) is 0 Å². The van der Waals surface area contributed by atoms with Crippen LogP contribution in [0, 0.1) is 0 Å². The number of benzene rings is 1. The number of amides is 1. The SMILES string of the molecule is CNc1cccc(CN2CCc3ccccc3C2=O)n1. The Labute approximate surface area is 118 Å². The van der Waals surface area contributed by atoms with Gasteiger partial charge in [0.2, 0.25) is 0 Å². The number of hydrogen-bond donors (Lipinski definition) is 1. The summed E-state index contributed by atoms with van der Waals surface area (Å²) >= 11 is 0. The zero-order valence-corrected chi connectivity index (χ0v) is 11.5. The van der Waals surface area contributed by atoms with E-state index in [1.54, 1.807) is 0 Å². The lowest BCUT2D eigenvalue weighted by Crippen LogP contribution is -2.37. The number of carbonyl (C=O) groups is 1. The average Bonchev–Trinajstić information content (AvgIpc) is 2.50. The normalized spacial score (nSPS) is 14.1. The molecule has 2 aromatic rings. The molecule has 0 saturated carbocycles. The van der Waals surface area contributed by atoms with E-state index in [1.807, 2.05) is 54.4 Å². The summed E-state index contributed by atoms with van der Waals surface area (Å²) < 4.78 is 0. The molecule has 1 amide bonds. The number of nitrogens with one attached hydrogen (secondary N) is 1. The molecule has 0 fully saturated rings. The highest BCUT2D eigenvalue weighted by molar-refractivity contribution is 5.96. The molecular formula is C16H17N3O. The molecule has 102 valence electrons. The fourth-order valence-corrected chi connectivity index (χ4v) is 2.53. The van der Waals surface area contributed by atoms with E-state index in [-0.39, 0.29) is 5.91 Å². The summed E-state index contributed by atoms with van der Waals surface area (Å²) in [6.07, 6.45) is 0.910. The van der Waals surface area contributed by atoms with Gasteiger partial charge >= 0.3 is 0 Å². The van der Waals surface area contributed by atoms with Gasteiger partial charge in [-0.1, -0.05) is 24.3 Å². The van der Waals surface area contributed by atoms with Gasteiger partial charge < -0.3 is 10.2 Å². The third-order valence-corrected chi connectivity index (χ3v) is 3.60. The summed E-state index contributed by atoms with van der Waals surface area (Å²) in [5.74, 6) is 0.927. The van der Waals surface area contributed by atoms with Crippen LogP contribution in [0.5, 0.6) is 0 Å². The number of rotatable bonds is 3. The number of fused-ring (bicyclic) bond motifs is 1. The summed E-state index contributed by atoms with van der Waals surface area (Å²) in [6, 6.07) is 13.7. The minimum absolute atomic E-state index is 0.100. The van der Waals surface area contributed by atoms with E-state index < -0.39 is 0 Å². The lowest BCUT2D eigenvalue weighted by atomic mass is 9.99. The standard InChI is InChI=1S/C16H17N3O/c1-17-15-8-4-6-13(18-15)11-19-10-9-12-5-2-3-7-14(12)16(19)20/h2-8H,9-11H2,1H3,(H,17,18). The Morgan fingerprint density at radius 1 is 1.20 bits per heavy atom. The zero-order valence-electron chi connectivity index (χ0n) is 11.5. The molecule has 0 spiro atoms. The van der Waals surface area contributed by atoms with E-state index in [2.05, 4.69) is 10.3 Å². The van der Waals surface area contributed by atoms with Crippen LogP contribution in [0.4, 0.5) is 5.82 Å². The van der Waals surface area contributed by atoms with Gasteiger partial charge in [0.15, 0.2) is 0 Å². The first-order chi connectivity index (χ1) is 9.78. The molecule has 1 aromatic carbocycles. The van der Waals surface area contributed by atoms with Crippen LogP contribution in [-0.4, -0.2) is 29.4 Å². The Hall–Kier alpha value is -2.36. The van der Waals surface area contributed by atoms with Crippen LogP contribution in [0.1, 0.15) is 21.6 Å². The van der Waals surface area contributed by atoms with Crippen molar-refractivity contribution in [1.29, 1.82) is 0 Å². The molecule has 0 atom stereocenters. The number of anilines is 1. The first kappa shape index (κ1) is 12.7. The van der Waals surface area contributed by atoms with Gasteiger partial charge in [-0.3, -0.25) is 4.79 Å². The van der Waals surface area contributed by atoms with Crippen molar-refractivity contribution in [3.8, 4) is 0 Å². The number of nitrogens with zero attached hydrogens (tertiary/aromatic N) is 2. The molecule has 1 aromatic heterocycles. The van der Waals surface area contributed by atoms with Crippen molar-refractivity contribution in [2.45, 2.75) is 13.0 Å². The van der Waals surface area contributed by atoms with E-state index in [4.69, 9.17) is 0 Å². The average molecular weight is 267 g/mol. The minimum atomic E-state index is 0.100. The molecule has 1 N–H and O–H groups in total. The highest BCUT2D eigenvalue weighted by Gasteiger charge is 2.23. The smallest absolute Gasteiger partial charge is 0.254 e. The molecule has 0 saturated heterocycles. The van der Waals surface area contributed by atoms with Crippen molar-refractivity contribution in [2.75, 3.05) is 18.9 Å². The number of hydrogen-bond acceptors (Lipinski definition) is 3. The van der Waals surface area contributed by atoms with Crippen molar-refractivity contribution >= 4 is 11.7 Å². The molecule has 0 bridgehead atoms. The maximum absolute atomic E-state index is 12.5. The number of carbonyl (C=O) groups excluding carboxylic acids is 1. The van der Waals surface area contributed by atoms with Gasteiger partial charge in [0.25, 0.3) is 5.91 Å². The van der Waals surface area contributed by atoms with Crippen molar-refractivity contribution in [2.24, 2.45) is 0 Å². The molecule has 4 heteroatoms. The molecular weight excluding hydrogens is 250 g/mol. The second-order valence-corrected chi connectivity index (χ2v) is 4.90. The van der Waals surface area contributed by atoms with Crippen LogP contribution < -0.4 is 5.32 Å². The van der Waals surface area contributed by atoms with E-state index in [1.165, 1.54) is 0 Å². The molecule has 3 rings (SSSR count). The number of pyridine rings is 1. The fourth-order valence-electron chi connectivity index (χ4n) is 2.53. The monoisotopic (exact) mass is 267 g/mol. The fraction of sp³-hybridized carbons (Fsp3) is 0.250. The van der Waals surface area contributed by atoms with Gasteiger partial charge in [0, 0.05) is 19.2 Å². The summed E-state index contributed by atoms with van der Waals surface area (Å²) in [5.41, 5.74) is 2.87. The summed E-state index contributed by atoms with van der Waals surface area (Å²) in [5, 5.41) is 3.02. The first-order valence-corrected chi connectivity index (χ1v) is 6.79. The zero-order chi connectivity index (χ0) is 13.9. The maximum atomic E-state index is 12.5. The molecule has 2 heterocycles.